The van der Waals surface area contributed by atoms with Gasteiger partial charge in [-0.25, -0.2) is 0 Å². The molecule has 2 aliphatic heterocycles. The molecule has 0 aromatic heterocycles. The molecular formula is C19H19NO. The topological polar surface area (TPSA) is 21.3 Å². The summed E-state index contributed by atoms with van der Waals surface area (Å²) in [6.45, 7) is 9.37. The summed E-state index contributed by atoms with van der Waals surface area (Å²) >= 11 is 0. The summed E-state index contributed by atoms with van der Waals surface area (Å²) in [5, 5.41) is 3.62. The van der Waals surface area contributed by atoms with Crippen LogP contribution in [0.25, 0.3) is 16.7 Å². The molecule has 2 aromatic carbocycles. The predicted molar refractivity (Wildman–Crippen MR) is 87.6 cm³/mol. The molecule has 2 aromatic rings. The van der Waals surface area contributed by atoms with Crippen LogP contribution in [0.5, 0.6) is 5.75 Å². The molecule has 2 heterocycles. The zero-order valence-electron chi connectivity index (χ0n) is 12.5. The average molecular weight is 277 g/mol. The minimum absolute atomic E-state index is 0.0613. The SMILES string of the molecule is C=C1CC(C)(C)Nc2ccc3c(c21)COc1ccccc1-3. The summed E-state index contributed by atoms with van der Waals surface area (Å²) in [6, 6.07) is 12.6. The lowest BCUT2D eigenvalue weighted by Gasteiger charge is -2.37. The maximum absolute atomic E-state index is 5.95. The molecule has 0 spiro atoms. The van der Waals surface area contributed by atoms with Crippen molar-refractivity contribution < 1.29 is 4.74 Å². The summed E-state index contributed by atoms with van der Waals surface area (Å²) in [4.78, 5) is 0. The molecule has 0 saturated heterocycles. The van der Waals surface area contributed by atoms with Crippen molar-refractivity contribution in [3.05, 3.63) is 54.1 Å². The molecule has 0 atom stereocenters. The molecule has 0 amide bonds. The third-order valence-corrected chi connectivity index (χ3v) is 4.34. The van der Waals surface area contributed by atoms with Crippen LogP contribution >= 0.6 is 0 Å². The molecule has 0 bridgehead atoms. The number of para-hydroxylation sites is 1. The van der Waals surface area contributed by atoms with E-state index in [0.717, 1.165) is 12.2 Å². The fourth-order valence-electron chi connectivity index (χ4n) is 3.55. The highest BCUT2D eigenvalue weighted by atomic mass is 16.5. The first kappa shape index (κ1) is 12.5. The Labute approximate surface area is 125 Å². The zero-order chi connectivity index (χ0) is 14.6. The maximum atomic E-state index is 5.95. The number of rotatable bonds is 0. The molecule has 0 unspecified atom stereocenters. The van der Waals surface area contributed by atoms with Crippen molar-refractivity contribution >= 4 is 11.3 Å². The monoisotopic (exact) mass is 277 g/mol. The van der Waals surface area contributed by atoms with Crippen molar-refractivity contribution in [1.82, 2.24) is 0 Å². The van der Waals surface area contributed by atoms with E-state index < -0.39 is 0 Å². The number of hydrogen-bond acceptors (Lipinski definition) is 2. The Kier molecular flexibility index (Phi) is 2.47. The smallest absolute Gasteiger partial charge is 0.127 e. The Bertz CT molecular complexity index is 758. The van der Waals surface area contributed by atoms with E-state index >= 15 is 0 Å². The van der Waals surface area contributed by atoms with Crippen molar-refractivity contribution in [3.63, 3.8) is 0 Å². The van der Waals surface area contributed by atoms with E-state index in [1.165, 1.54) is 33.5 Å². The van der Waals surface area contributed by atoms with E-state index in [0.29, 0.717) is 6.61 Å². The highest BCUT2D eigenvalue weighted by Crippen LogP contribution is 2.46. The van der Waals surface area contributed by atoms with Crippen molar-refractivity contribution in [2.24, 2.45) is 0 Å². The van der Waals surface area contributed by atoms with Gasteiger partial charge in [-0.1, -0.05) is 30.8 Å². The number of fused-ring (bicyclic) bond motifs is 5. The molecule has 2 nitrogen and oxygen atoms in total. The van der Waals surface area contributed by atoms with Crippen LogP contribution in [0.1, 0.15) is 31.4 Å². The molecular weight excluding hydrogens is 258 g/mol. The molecule has 0 saturated carbocycles. The molecule has 0 aliphatic carbocycles. The van der Waals surface area contributed by atoms with E-state index in [2.05, 4.69) is 50.0 Å². The predicted octanol–water partition coefficient (Wildman–Crippen LogP) is 4.85. The quantitative estimate of drug-likeness (QED) is 0.743. The van der Waals surface area contributed by atoms with E-state index in [-0.39, 0.29) is 5.54 Å². The van der Waals surface area contributed by atoms with Crippen LogP contribution in [-0.4, -0.2) is 5.54 Å². The third-order valence-electron chi connectivity index (χ3n) is 4.34. The lowest BCUT2D eigenvalue weighted by molar-refractivity contribution is 0.302. The second-order valence-corrected chi connectivity index (χ2v) is 6.59. The van der Waals surface area contributed by atoms with Crippen LogP contribution < -0.4 is 10.1 Å². The van der Waals surface area contributed by atoms with Gasteiger partial charge < -0.3 is 10.1 Å². The van der Waals surface area contributed by atoms with Crippen molar-refractivity contribution in [3.8, 4) is 16.9 Å². The summed E-state index contributed by atoms with van der Waals surface area (Å²) < 4.78 is 5.95. The van der Waals surface area contributed by atoms with Gasteiger partial charge in [-0.05, 0) is 43.5 Å². The second-order valence-electron chi connectivity index (χ2n) is 6.59. The molecule has 0 radical (unpaired) electrons. The molecule has 21 heavy (non-hydrogen) atoms. The van der Waals surface area contributed by atoms with Crippen LogP contribution in [0.2, 0.25) is 0 Å². The van der Waals surface area contributed by atoms with E-state index in [1.807, 2.05) is 12.1 Å². The van der Waals surface area contributed by atoms with Crippen LogP contribution in [-0.2, 0) is 6.61 Å². The van der Waals surface area contributed by atoms with Crippen LogP contribution in [0.4, 0.5) is 5.69 Å². The highest BCUT2D eigenvalue weighted by molar-refractivity contribution is 5.88. The second kappa shape index (κ2) is 4.14. The summed E-state index contributed by atoms with van der Waals surface area (Å²) in [5.41, 5.74) is 7.41. The number of ether oxygens (including phenoxy) is 1. The lowest BCUT2D eigenvalue weighted by Crippen LogP contribution is -2.35. The van der Waals surface area contributed by atoms with Gasteiger partial charge in [-0.2, -0.15) is 0 Å². The molecule has 2 heteroatoms. The van der Waals surface area contributed by atoms with Gasteiger partial charge in [0, 0.05) is 27.9 Å². The molecule has 0 fully saturated rings. The van der Waals surface area contributed by atoms with Crippen LogP contribution in [0.15, 0.2) is 43.0 Å². The first-order valence-electron chi connectivity index (χ1n) is 7.40. The molecule has 4 rings (SSSR count). The van der Waals surface area contributed by atoms with Gasteiger partial charge in [-0.3, -0.25) is 0 Å². The standard InChI is InChI=1S/C19H19NO/c1-12-10-19(2,3)20-16-9-8-13-14-6-4-5-7-17(14)21-11-15(13)18(12)16/h4-9,20H,1,10-11H2,2-3H3. The zero-order valence-corrected chi connectivity index (χ0v) is 12.5. The number of hydrogen-bond donors (Lipinski definition) is 1. The third kappa shape index (κ3) is 1.86. The Morgan fingerprint density at radius 3 is 2.76 bits per heavy atom. The number of nitrogens with one attached hydrogen (secondary N) is 1. The van der Waals surface area contributed by atoms with Gasteiger partial charge in [-0.15, -0.1) is 0 Å². The van der Waals surface area contributed by atoms with E-state index in [4.69, 9.17) is 4.74 Å². The van der Waals surface area contributed by atoms with Gasteiger partial charge in [0.1, 0.15) is 12.4 Å². The molecule has 1 N–H and O–H groups in total. The van der Waals surface area contributed by atoms with Crippen LogP contribution in [0.3, 0.4) is 0 Å². The minimum atomic E-state index is 0.0613. The van der Waals surface area contributed by atoms with Crippen LogP contribution in [0, 0.1) is 0 Å². The highest BCUT2D eigenvalue weighted by Gasteiger charge is 2.31. The van der Waals surface area contributed by atoms with E-state index in [1.54, 1.807) is 0 Å². The normalized spacial score (nSPS) is 17.9. The number of anilines is 1. The largest absolute Gasteiger partial charge is 0.488 e. The Morgan fingerprint density at radius 1 is 1.10 bits per heavy atom. The summed E-state index contributed by atoms with van der Waals surface area (Å²) in [5.74, 6) is 0.972. The van der Waals surface area contributed by atoms with Gasteiger partial charge in [0.05, 0.1) is 0 Å². The molecule has 2 aliphatic rings. The minimum Gasteiger partial charge on any atom is -0.488 e. The van der Waals surface area contributed by atoms with Gasteiger partial charge in [0.15, 0.2) is 0 Å². The Hall–Kier alpha value is -2.22. The van der Waals surface area contributed by atoms with Crippen molar-refractivity contribution in [2.45, 2.75) is 32.4 Å². The summed E-state index contributed by atoms with van der Waals surface area (Å²) in [6.07, 6.45) is 0.956. The first-order valence-corrected chi connectivity index (χ1v) is 7.40. The molecule has 106 valence electrons. The maximum Gasteiger partial charge on any atom is 0.127 e. The average Bonchev–Trinajstić information content (AvgIpc) is 2.44. The lowest BCUT2D eigenvalue weighted by atomic mass is 9.81. The summed E-state index contributed by atoms with van der Waals surface area (Å²) in [7, 11) is 0. The number of benzene rings is 2. The van der Waals surface area contributed by atoms with Gasteiger partial charge >= 0.3 is 0 Å². The van der Waals surface area contributed by atoms with Crippen molar-refractivity contribution in [2.75, 3.05) is 5.32 Å². The first-order chi connectivity index (χ1) is 10.1. The fourth-order valence-corrected chi connectivity index (χ4v) is 3.55. The Morgan fingerprint density at radius 2 is 1.90 bits per heavy atom. The fraction of sp³-hybridized carbons (Fsp3) is 0.263. The van der Waals surface area contributed by atoms with Gasteiger partial charge in [0.2, 0.25) is 0 Å². The van der Waals surface area contributed by atoms with Gasteiger partial charge in [0.25, 0.3) is 0 Å². The van der Waals surface area contributed by atoms with Crippen molar-refractivity contribution in [1.29, 1.82) is 0 Å². The Balaban J connectivity index is 1.94. The van der Waals surface area contributed by atoms with E-state index in [9.17, 15) is 0 Å².